The zero-order valence-electron chi connectivity index (χ0n) is 13.4. The maximum Gasteiger partial charge on any atom is 0.327 e. The van der Waals surface area contributed by atoms with Gasteiger partial charge in [-0.25, -0.2) is 0 Å². The summed E-state index contributed by atoms with van der Waals surface area (Å²) in [5.41, 5.74) is 0. The van der Waals surface area contributed by atoms with Gasteiger partial charge in [0.25, 0.3) is 0 Å². The van der Waals surface area contributed by atoms with Gasteiger partial charge in [-0.15, -0.1) is 0 Å². The molecule has 2 aromatic rings. The van der Waals surface area contributed by atoms with Crippen LogP contribution in [0.15, 0.2) is 30.3 Å². The average Bonchev–Trinajstić information content (AvgIpc) is 2.53. The number of para-hydroxylation sites is 1. The molecule has 6 heteroatoms. The van der Waals surface area contributed by atoms with Gasteiger partial charge in [0.2, 0.25) is 10.6 Å². The Hall–Kier alpha value is -1.39. The molecule has 0 fully saturated rings. The number of ether oxygens (including phenoxy) is 1. The first-order chi connectivity index (χ1) is 10.2. The van der Waals surface area contributed by atoms with Gasteiger partial charge in [0.15, 0.2) is 0 Å². The van der Waals surface area contributed by atoms with Gasteiger partial charge in [-0.05, 0) is 35.3 Å². The molecule has 0 aliphatic carbocycles. The summed E-state index contributed by atoms with van der Waals surface area (Å²) < 4.78 is 5.31. The second kappa shape index (κ2) is 15.0. The first-order valence-corrected chi connectivity index (χ1v) is 7.79. The van der Waals surface area contributed by atoms with Crippen LogP contribution in [0.25, 0.3) is 0 Å². The van der Waals surface area contributed by atoms with Crippen molar-refractivity contribution in [1.82, 2.24) is 15.0 Å². The molecule has 0 saturated heterocycles. The molecule has 0 aliphatic heterocycles. The van der Waals surface area contributed by atoms with Crippen molar-refractivity contribution in [2.45, 2.75) is 41.5 Å². The van der Waals surface area contributed by atoms with E-state index in [9.17, 15) is 0 Å². The Morgan fingerprint density at radius 1 is 0.714 bits per heavy atom. The molecule has 1 aromatic heterocycles. The normalized spacial score (nSPS) is 8.00. The lowest BCUT2D eigenvalue weighted by Crippen LogP contribution is -1.94. The monoisotopic (exact) mass is 331 g/mol. The Labute approximate surface area is 137 Å². The number of hydrogen-bond donors (Lipinski definition) is 0. The molecule has 1 heterocycles. The third kappa shape index (κ3) is 10.0. The fraction of sp³-hybridized carbons (Fsp3) is 0.400. The topological polar surface area (TPSA) is 47.9 Å². The number of hydrogen-bond acceptors (Lipinski definition) is 4. The molecular weight excluding hydrogens is 309 g/mol. The SMILES string of the molecule is CC.CC.CC.Clc1nc(Cl)nc(Oc2ccccc2)n1. The van der Waals surface area contributed by atoms with E-state index in [0.717, 1.165) is 0 Å². The average molecular weight is 332 g/mol. The van der Waals surface area contributed by atoms with Crippen molar-refractivity contribution in [3.05, 3.63) is 40.9 Å². The van der Waals surface area contributed by atoms with Crippen molar-refractivity contribution in [3.8, 4) is 11.8 Å². The van der Waals surface area contributed by atoms with E-state index < -0.39 is 0 Å². The third-order valence-electron chi connectivity index (χ3n) is 1.51. The first-order valence-electron chi connectivity index (χ1n) is 7.04. The van der Waals surface area contributed by atoms with E-state index >= 15 is 0 Å². The van der Waals surface area contributed by atoms with E-state index in [0.29, 0.717) is 5.75 Å². The summed E-state index contributed by atoms with van der Waals surface area (Å²) in [4.78, 5) is 11.1. The van der Waals surface area contributed by atoms with Gasteiger partial charge in [0.1, 0.15) is 5.75 Å². The van der Waals surface area contributed by atoms with Gasteiger partial charge in [0, 0.05) is 0 Å². The van der Waals surface area contributed by atoms with Crippen molar-refractivity contribution in [2.75, 3.05) is 0 Å². The number of benzene rings is 1. The molecule has 0 amide bonds. The second-order valence-electron chi connectivity index (χ2n) is 2.57. The summed E-state index contributed by atoms with van der Waals surface area (Å²) in [7, 11) is 0. The highest BCUT2D eigenvalue weighted by atomic mass is 35.5. The predicted molar refractivity (Wildman–Crippen MR) is 90.4 cm³/mol. The molecule has 0 aliphatic rings. The largest absolute Gasteiger partial charge is 0.424 e. The van der Waals surface area contributed by atoms with Crippen LogP contribution in [0.3, 0.4) is 0 Å². The van der Waals surface area contributed by atoms with Crippen molar-refractivity contribution in [1.29, 1.82) is 0 Å². The van der Waals surface area contributed by atoms with Crippen molar-refractivity contribution >= 4 is 23.2 Å². The van der Waals surface area contributed by atoms with Crippen LogP contribution in [0, 0.1) is 0 Å². The summed E-state index contributed by atoms with van der Waals surface area (Å²) in [6, 6.07) is 9.16. The Morgan fingerprint density at radius 3 is 1.57 bits per heavy atom. The minimum absolute atomic E-state index is 0.000862. The van der Waals surface area contributed by atoms with Gasteiger partial charge < -0.3 is 4.74 Å². The lowest BCUT2D eigenvalue weighted by Gasteiger charge is -2.02. The van der Waals surface area contributed by atoms with Crippen LogP contribution >= 0.6 is 23.2 Å². The van der Waals surface area contributed by atoms with E-state index in [1.165, 1.54) is 0 Å². The Morgan fingerprint density at radius 2 is 1.14 bits per heavy atom. The summed E-state index contributed by atoms with van der Waals surface area (Å²) >= 11 is 11.2. The van der Waals surface area contributed by atoms with Crippen LogP contribution in [-0.2, 0) is 0 Å². The second-order valence-corrected chi connectivity index (χ2v) is 3.25. The minimum Gasteiger partial charge on any atom is -0.424 e. The molecule has 0 bridgehead atoms. The van der Waals surface area contributed by atoms with Gasteiger partial charge in [-0.1, -0.05) is 59.7 Å². The van der Waals surface area contributed by atoms with Crippen molar-refractivity contribution in [2.24, 2.45) is 0 Å². The highest BCUT2D eigenvalue weighted by Gasteiger charge is 2.04. The van der Waals surface area contributed by atoms with Gasteiger partial charge in [0.05, 0.1) is 0 Å². The van der Waals surface area contributed by atoms with Crippen LogP contribution < -0.4 is 4.74 Å². The Bertz CT molecular complexity index is 447. The van der Waals surface area contributed by atoms with E-state index in [-0.39, 0.29) is 16.6 Å². The predicted octanol–water partition coefficient (Wildman–Crippen LogP) is 6.05. The van der Waals surface area contributed by atoms with Crippen LogP contribution in [-0.4, -0.2) is 15.0 Å². The van der Waals surface area contributed by atoms with Gasteiger partial charge in [-0.3, -0.25) is 0 Å². The van der Waals surface area contributed by atoms with Crippen LogP contribution in [0.4, 0.5) is 0 Å². The van der Waals surface area contributed by atoms with E-state index in [1.54, 1.807) is 12.1 Å². The Balaban J connectivity index is 0. The van der Waals surface area contributed by atoms with Crippen molar-refractivity contribution < 1.29 is 4.74 Å². The summed E-state index contributed by atoms with van der Waals surface area (Å²) in [5, 5.41) is 0.00172. The van der Waals surface area contributed by atoms with Gasteiger partial charge in [-0.2, -0.15) is 15.0 Å². The van der Waals surface area contributed by atoms with E-state index in [2.05, 4.69) is 15.0 Å². The fourth-order valence-corrected chi connectivity index (χ4v) is 1.30. The molecule has 1 aromatic carbocycles. The highest BCUT2D eigenvalue weighted by molar-refractivity contribution is 6.31. The number of halogens is 2. The molecular formula is C15H23Cl2N3O. The molecule has 2 rings (SSSR count). The number of aromatic nitrogens is 3. The molecule has 0 saturated carbocycles. The molecule has 0 radical (unpaired) electrons. The summed E-state index contributed by atoms with van der Waals surface area (Å²) in [6.45, 7) is 12.0. The quantitative estimate of drug-likeness (QED) is 0.672. The van der Waals surface area contributed by atoms with Crippen LogP contribution in [0.2, 0.25) is 10.6 Å². The molecule has 118 valence electrons. The fourth-order valence-electron chi connectivity index (χ4n) is 0.949. The third-order valence-corrected chi connectivity index (χ3v) is 1.85. The lowest BCUT2D eigenvalue weighted by molar-refractivity contribution is 0.439. The molecule has 0 unspecified atom stereocenters. The molecule has 0 spiro atoms. The molecule has 4 nitrogen and oxygen atoms in total. The Kier molecular flexibility index (Phi) is 15.7. The molecule has 21 heavy (non-hydrogen) atoms. The zero-order valence-corrected chi connectivity index (χ0v) is 14.9. The summed E-state index contributed by atoms with van der Waals surface area (Å²) in [6.07, 6.45) is 0. The van der Waals surface area contributed by atoms with Crippen LogP contribution in [0.1, 0.15) is 41.5 Å². The highest BCUT2D eigenvalue weighted by Crippen LogP contribution is 2.18. The van der Waals surface area contributed by atoms with Gasteiger partial charge >= 0.3 is 6.01 Å². The van der Waals surface area contributed by atoms with E-state index in [4.69, 9.17) is 27.9 Å². The maximum atomic E-state index is 5.59. The maximum absolute atomic E-state index is 5.59. The van der Waals surface area contributed by atoms with Crippen molar-refractivity contribution in [3.63, 3.8) is 0 Å². The van der Waals surface area contributed by atoms with Crippen LogP contribution in [0.5, 0.6) is 11.8 Å². The van der Waals surface area contributed by atoms with E-state index in [1.807, 2.05) is 59.7 Å². The number of nitrogens with zero attached hydrogens (tertiary/aromatic N) is 3. The first kappa shape index (κ1) is 21.9. The standard InChI is InChI=1S/C9H5Cl2N3O.3C2H6/c10-7-12-8(11)14-9(13-7)15-6-4-2-1-3-5-6;3*1-2/h1-5H;3*1-2H3. The zero-order chi connectivity index (χ0) is 16.7. The smallest absolute Gasteiger partial charge is 0.327 e. The summed E-state index contributed by atoms with van der Waals surface area (Å²) in [5.74, 6) is 0.607. The lowest BCUT2D eigenvalue weighted by atomic mass is 10.3. The molecule has 0 atom stereocenters. The molecule has 0 N–H and O–H groups in total. The number of rotatable bonds is 2. The minimum atomic E-state index is 0.000862.